The highest BCUT2D eigenvalue weighted by Crippen LogP contribution is 2.23. The summed E-state index contributed by atoms with van der Waals surface area (Å²) in [7, 11) is 3.65. The van der Waals surface area contributed by atoms with Gasteiger partial charge in [-0.2, -0.15) is 0 Å². The van der Waals surface area contributed by atoms with E-state index in [4.69, 9.17) is 4.74 Å². The Morgan fingerprint density at radius 1 is 1.35 bits per heavy atom. The van der Waals surface area contributed by atoms with Gasteiger partial charge in [-0.05, 0) is 13.1 Å². The van der Waals surface area contributed by atoms with Crippen LogP contribution >= 0.6 is 11.3 Å². The maximum Gasteiger partial charge on any atom is 0.122 e. The van der Waals surface area contributed by atoms with Gasteiger partial charge >= 0.3 is 0 Å². The van der Waals surface area contributed by atoms with Crippen molar-refractivity contribution in [3.05, 3.63) is 45.9 Å². The van der Waals surface area contributed by atoms with Crippen molar-refractivity contribution in [1.82, 2.24) is 10.3 Å². The van der Waals surface area contributed by atoms with Crippen LogP contribution < -0.4 is 10.1 Å². The third kappa shape index (κ3) is 3.05. The Bertz CT molecular complexity index is 482. The zero-order chi connectivity index (χ0) is 12.1. The average molecular weight is 248 g/mol. The highest BCUT2D eigenvalue weighted by molar-refractivity contribution is 7.11. The molecule has 0 fully saturated rings. The van der Waals surface area contributed by atoms with Gasteiger partial charge in [0.15, 0.2) is 0 Å². The maximum atomic E-state index is 5.34. The molecule has 0 bridgehead atoms. The monoisotopic (exact) mass is 248 g/mol. The molecule has 1 N–H and O–H groups in total. The van der Waals surface area contributed by atoms with Gasteiger partial charge in [0, 0.05) is 29.6 Å². The third-order valence-electron chi connectivity index (χ3n) is 2.49. The summed E-state index contributed by atoms with van der Waals surface area (Å²) in [5.41, 5.74) is 1.18. The predicted molar refractivity (Wildman–Crippen MR) is 70.7 cm³/mol. The van der Waals surface area contributed by atoms with Crippen LogP contribution in [0.4, 0.5) is 0 Å². The molecule has 0 saturated carbocycles. The molecule has 1 aromatic carbocycles. The van der Waals surface area contributed by atoms with E-state index >= 15 is 0 Å². The SMILES string of the molecule is CNCc1cnc(Cc2ccccc2OC)s1. The number of nitrogens with one attached hydrogen (secondary N) is 1. The highest BCUT2D eigenvalue weighted by atomic mass is 32.1. The molecule has 0 unspecified atom stereocenters. The van der Waals surface area contributed by atoms with Gasteiger partial charge in [-0.3, -0.25) is 0 Å². The molecule has 4 heteroatoms. The lowest BCUT2D eigenvalue weighted by molar-refractivity contribution is 0.410. The number of aromatic nitrogens is 1. The minimum Gasteiger partial charge on any atom is -0.496 e. The predicted octanol–water partition coefficient (Wildman–Crippen LogP) is 2.46. The van der Waals surface area contributed by atoms with Crippen molar-refractivity contribution in [2.24, 2.45) is 0 Å². The van der Waals surface area contributed by atoms with E-state index in [0.717, 1.165) is 23.7 Å². The fourth-order valence-electron chi connectivity index (χ4n) is 1.70. The standard InChI is InChI=1S/C13H16N2OS/c1-14-8-11-9-15-13(17-11)7-10-5-3-4-6-12(10)16-2/h3-6,9,14H,7-8H2,1-2H3. The number of ether oxygens (including phenoxy) is 1. The van der Waals surface area contributed by atoms with Gasteiger partial charge in [0.05, 0.1) is 12.1 Å². The molecular weight excluding hydrogens is 232 g/mol. The molecule has 0 spiro atoms. The third-order valence-corrected chi connectivity index (χ3v) is 3.48. The molecule has 0 aliphatic rings. The Kier molecular flexibility index (Phi) is 4.12. The molecule has 0 amide bonds. The molecule has 0 aliphatic carbocycles. The summed E-state index contributed by atoms with van der Waals surface area (Å²) in [5.74, 6) is 0.929. The topological polar surface area (TPSA) is 34.2 Å². The lowest BCUT2D eigenvalue weighted by Crippen LogP contribution is -2.02. The van der Waals surface area contributed by atoms with Crippen molar-refractivity contribution in [3.63, 3.8) is 0 Å². The van der Waals surface area contributed by atoms with Crippen LogP contribution in [0.25, 0.3) is 0 Å². The van der Waals surface area contributed by atoms with Crippen molar-refractivity contribution >= 4 is 11.3 Å². The fourth-order valence-corrected chi connectivity index (χ4v) is 2.66. The Morgan fingerprint density at radius 2 is 2.18 bits per heavy atom. The molecule has 3 nitrogen and oxygen atoms in total. The summed E-state index contributed by atoms with van der Waals surface area (Å²) in [6.07, 6.45) is 2.77. The van der Waals surface area contributed by atoms with Gasteiger partial charge in [0.2, 0.25) is 0 Å². The fraction of sp³-hybridized carbons (Fsp3) is 0.308. The summed E-state index contributed by atoms with van der Waals surface area (Å²) in [6.45, 7) is 0.879. The van der Waals surface area contributed by atoms with Crippen LogP contribution in [0.2, 0.25) is 0 Å². The number of nitrogens with zero attached hydrogens (tertiary/aromatic N) is 1. The molecule has 17 heavy (non-hydrogen) atoms. The number of thiazole rings is 1. The van der Waals surface area contributed by atoms with Crippen LogP contribution in [0.3, 0.4) is 0 Å². The summed E-state index contributed by atoms with van der Waals surface area (Å²) in [5, 5.41) is 4.25. The minimum atomic E-state index is 0.832. The second kappa shape index (κ2) is 5.80. The number of para-hydroxylation sites is 1. The lowest BCUT2D eigenvalue weighted by Gasteiger charge is -2.05. The first-order valence-corrected chi connectivity index (χ1v) is 6.35. The molecule has 90 valence electrons. The van der Waals surface area contributed by atoms with Crippen LogP contribution in [0.1, 0.15) is 15.4 Å². The van der Waals surface area contributed by atoms with E-state index in [1.165, 1.54) is 10.4 Å². The Morgan fingerprint density at radius 3 is 2.94 bits per heavy atom. The van der Waals surface area contributed by atoms with E-state index in [-0.39, 0.29) is 0 Å². The van der Waals surface area contributed by atoms with Crippen molar-refractivity contribution in [1.29, 1.82) is 0 Å². The largest absolute Gasteiger partial charge is 0.496 e. The first kappa shape index (κ1) is 12.1. The van der Waals surface area contributed by atoms with Crippen molar-refractivity contribution < 1.29 is 4.74 Å². The van der Waals surface area contributed by atoms with Crippen molar-refractivity contribution in [2.75, 3.05) is 14.2 Å². The molecule has 2 aromatic rings. The van der Waals surface area contributed by atoms with Gasteiger partial charge in [0.25, 0.3) is 0 Å². The minimum absolute atomic E-state index is 0.832. The summed E-state index contributed by atoms with van der Waals surface area (Å²) in [6, 6.07) is 8.08. The maximum absolute atomic E-state index is 5.34. The van der Waals surface area contributed by atoms with Crippen LogP contribution in [0, 0.1) is 0 Å². The van der Waals surface area contributed by atoms with Crippen LogP contribution in [-0.4, -0.2) is 19.1 Å². The normalized spacial score (nSPS) is 10.5. The summed E-state index contributed by atoms with van der Waals surface area (Å²) >= 11 is 1.74. The quantitative estimate of drug-likeness (QED) is 0.882. The van der Waals surface area contributed by atoms with E-state index in [1.807, 2.05) is 31.4 Å². The van der Waals surface area contributed by atoms with Crippen LogP contribution in [0.15, 0.2) is 30.5 Å². The number of methoxy groups -OCH3 is 1. The van der Waals surface area contributed by atoms with Crippen LogP contribution in [-0.2, 0) is 13.0 Å². The summed E-state index contributed by atoms with van der Waals surface area (Å²) in [4.78, 5) is 5.69. The Hall–Kier alpha value is -1.39. The van der Waals surface area contributed by atoms with Crippen LogP contribution in [0.5, 0.6) is 5.75 Å². The molecule has 0 aliphatic heterocycles. The summed E-state index contributed by atoms with van der Waals surface area (Å²) < 4.78 is 5.34. The van der Waals surface area contributed by atoms with Gasteiger partial charge in [-0.15, -0.1) is 11.3 Å². The van der Waals surface area contributed by atoms with E-state index in [0.29, 0.717) is 0 Å². The lowest BCUT2D eigenvalue weighted by atomic mass is 10.1. The van der Waals surface area contributed by atoms with E-state index in [1.54, 1.807) is 18.4 Å². The van der Waals surface area contributed by atoms with Gasteiger partial charge < -0.3 is 10.1 Å². The first-order chi connectivity index (χ1) is 8.33. The molecule has 2 rings (SSSR count). The van der Waals surface area contributed by atoms with E-state index in [2.05, 4.69) is 16.4 Å². The highest BCUT2D eigenvalue weighted by Gasteiger charge is 2.06. The van der Waals surface area contributed by atoms with E-state index < -0.39 is 0 Å². The number of benzene rings is 1. The van der Waals surface area contributed by atoms with Crippen molar-refractivity contribution in [3.8, 4) is 5.75 Å². The molecule has 1 aromatic heterocycles. The average Bonchev–Trinajstić information content (AvgIpc) is 2.78. The zero-order valence-electron chi connectivity index (χ0n) is 10.1. The second-order valence-corrected chi connectivity index (χ2v) is 4.94. The number of hydrogen-bond acceptors (Lipinski definition) is 4. The van der Waals surface area contributed by atoms with Gasteiger partial charge in [-0.25, -0.2) is 4.98 Å². The molecule has 0 saturated heterocycles. The zero-order valence-corrected chi connectivity index (χ0v) is 10.9. The molecule has 1 heterocycles. The molecule has 0 atom stereocenters. The second-order valence-electron chi connectivity index (χ2n) is 3.74. The Labute approximate surface area is 105 Å². The first-order valence-electron chi connectivity index (χ1n) is 5.53. The number of hydrogen-bond donors (Lipinski definition) is 1. The van der Waals surface area contributed by atoms with Gasteiger partial charge in [-0.1, -0.05) is 18.2 Å². The van der Waals surface area contributed by atoms with Gasteiger partial charge in [0.1, 0.15) is 5.75 Å². The Balaban J connectivity index is 2.13. The molecule has 0 radical (unpaired) electrons. The van der Waals surface area contributed by atoms with E-state index in [9.17, 15) is 0 Å². The number of rotatable bonds is 5. The van der Waals surface area contributed by atoms with Crippen molar-refractivity contribution in [2.45, 2.75) is 13.0 Å². The smallest absolute Gasteiger partial charge is 0.122 e. The molecular formula is C13H16N2OS.